The second kappa shape index (κ2) is 7.62. The average molecular weight is 355 g/mol. The fourth-order valence-electron chi connectivity index (χ4n) is 1.91. The van der Waals surface area contributed by atoms with Gasteiger partial charge in [0.25, 0.3) is 5.56 Å². The molecule has 23 heavy (non-hydrogen) atoms. The third-order valence-corrected chi connectivity index (χ3v) is 5.46. The minimum atomic E-state index is -3.94. The molecule has 1 heterocycles. The van der Waals surface area contributed by atoms with Crippen molar-refractivity contribution >= 4 is 21.8 Å². The Balaban J connectivity index is 1.85. The summed E-state index contributed by atoms with van der Waals surface area (Å²) in [6.45, 7) is 2.21. The van der Waals surface area contributed by atoms with Crippen LogP contribution in [0.25, 0.3) is 0 Å². The highest BCUT2D eigenvalue weighted by molar-refractivity contribution is 7.98. The van der Waals surface area contributed by atoms with Crippen LogP contribution in [-0.4, -0.2) is 30.7 Å². The number of hydrogen-bond donors (Lipinski definition) is 3. The van der Waals surface area contributed by atoms with E-state index >= 15 is 0 Å². The number of sulfonamides is 1. The van der Waals surface area contributed by atoms with Gasteiger partial charge in [-0.2, -0.15) is 11.8 Å². The number of benzene rings is 1. The number of aromatic nitrogens is 2. The molecule has 1 aromatic heterocycles. The molecule has 0 saturated carbocycles. The summed E-state index contributed by atoms with van der Waals surface area (Å²) in [5.41, 5.74) is 0.673. The van der Waals surface area contributed by atoms with E-state index in [1.54, 1.807) is 11.8 Å². The number of nitrogens with one attached hydrogen (secondary N) is 3. The van der Waals surface area contributed by atoms with Gasteiger partial charge in [-0.3, -0.25) is 9.78 Å². The summed E-state index contributed by atoms with van der Waals surface area (Å²) in [5.74, 6) is 1.34. The van der Waals surface area contributed by atoms with Gasteiger partial charge < -0.3 is 4.98 Å². The van der Waals surface area contributed by atoms with E-state index in [0.29, 0.717) is 5.75 Å². The molecule has 0 aliphatic heterocycles. The first-order valence-electron chi connectivity index (χ1n) is 6.83. The fraction of sp³-hybridized carbons (Fsp3) is 0.286. The molecule has 124 valence electrons. The van der Waals surface area contributed by atoms with E-state index < -0.39 is 26.2 Å². The van der Waals surface area contributed by atoms with E-state index in [-0.39, 0.29) is 6.54 Å². The number of rotatable bonds is 7. The summed E-state index contributed by atoms with van der Waals surface area (Å²) in [6.07, 6.45) is 0.892. The second-order valence-corrected chi connectivity index (χ2v) is 7.72. The molecule has 0 aliphatic carbocycles. The van der Waals surface area contributed by atoms with Crippen LogP contribution in [0, 0.1) is 6.92 Å². The van der Waals surface area contributed by atoms with E-state index in [9.17, 15) is 18.0 Å². The average Bonchev–Trinajstić information content (AvgIpc) is 2.46. The standard InChI is InChI=1S/C14H17N3O4S2/c1-10-3-2-4-11(7-10)9-22-6-5-16-23(20,21)12-8-15-14(19)17-13(12)18/h2-4,7-8,16H,5-6,9H2,1H3,(H2,15,17,18,19). The molecule has 2 rings (SSSR count). The Kier molecular flexibility index (Phi) is 5.80. The summed E-state index contributed by atoms with van der Waals surface area (Å²) in [7, 11) is -3.94. The number of thioether (sulfide) groups is 1. The molecule has 9 heteroatoms. The minimum absolute atomic E-state index is 0.192. The lowest BCUT2D eigenvalue weighted by Gasteiger charge is -2.06. The van der Waals surface area contributed by atoms with Crippen LogP contribution in [0.1, 0.15) is 11.1 Å². The highest BCUT2D eigenvalue weighted by Gasteiger charge is 2.17. The van der Waals surface area contributed by atoms with E-state index in [2.05, 4.69) is 15.8 Å². The van der Waals surface area contributed by atoms with Gasteiger partial charge >= 0.3 is 5.69 Å². The van der Waals surface area contributed by atoms with E-state index in [0.717, 1.165) is 11.9 Å². The lowest BCUT2D eigenvalue weighted by Crippen LogP contribution is -2.34. The number of aryl methyl sites for hydroxylation is 1. The van der Waals surface area contributed by atoms with Crippen LogP contribution in [0.5, 0.6) is 0 Å². The molecule has 0 atom stereocenters. The predicted molar refractivity (Wildman–Crippen MR) is 90.2 cm³/mol. The largest absolute Gasteiger partial charge is 0.325 e. The SMILES string of the molecule is Cc1cccc(CSCCNS(=O)(=O)c2c[nH]c(=O)[nH]c2=O)c1. The molecule has 1 aromatic carbocycles. The topological polar surface area (TPSA) is 112 Å². The van der Waals surface area contributed by atoms with Crippen molar-refractivity contribution in [2.45, 2.75) is 17.6 Å². The van der Waals surface area contributed by atoms with Crippen LogP contribution in [-0.2, 0) is 15.8 Å². The Bertz CT molecular complexity index is 887. The second-order valence-electron chi connectivity index (χ2n) is 4.88. The fourth-order valence-corrected chi connectivity index (χ4v) is 3.89. The summed E-state index contributed by atoms with van der Waals surface area (Å²) in [5, 5.41) is 0. The molecule has 0 fully saturated rings. The zero-order chi connectivity index (χ0) is 16.9. The molecule has 0 spiro atoms. The molecule has 0 radical (unpaired) electrons. The maximum absolute atomic E-state index is 12.0. The summed E-state index contributed by atoms with van der Waals surface area (Å²) >= 11 is 1.59. The van der Waals surface area contributed by atoms with Crippen molar-refractivity contribution in [3.8, 4) is 0 Å². The zero-order valence-corrected chi connectivity index (χ0v) is 14.1. The van der Waals surface area contributed by atoms with Gasteiger partial charge in [0.15, 0.2) is 4.90 Å². The molecule has 3 N–H and O–H groups in total. The van der Waals surface area contributed by atoms with Crippen LogP contribution in [0.15, 0.2) is 44.9 Å². The molecular formula is C14H17N3O4S2. The quantitative estimate of drug-likeness (QED) is 0.629. The lowest BCUT2D eigenvalue weighted by atomic mass is 10.2. The maximum atomic E-state index is 12.0. The summed E-state index contributed by atoms with van der Waals surface area (Å²) < 4.78 is 26.3. The third kappa shape index (κ3) is 5.08. The first kappa shape index (κ1) is 17.5. The minimum Gasteiger partial charge on any atom is -0.313 e. The smallest absolute Gasteiger partial charge is 0.313 e. The van der Waals surface area contributed by atoms with E-state index in [4.69, 9.17) is 0 Å². The molecule has 0 bridgehead atoms. The summed E-state index contributed by atoms with van der Waals surface area (Å²) in [6, 6.07) is 8.10. The lowest BCUT2D eigenvalue weighted by molar-refractivity contribution is 0.582. The number of aromatic amines is 2. The van der Waals surface area contributed by atoms with Crippen molar-refractivity contribution in [1.29, 1.82) is 0 Å². The third-order valence-electron chi connectivity index (χ3n) is 2.96. The van der Waals surface area contributed by atoms with Gasteiger partial charge in [-0.05, 0) is 12.5 Å². The Morgan fingerprint density at radius 3 is 2.74 bits per heavy atom. The normalized spacial score (nSPS) is 11.5. The van der Waals surface area contributed by atoms with Gasteiger partial charge in [-0.25, -0.2) is 17.9 Å². The maximum Gasteiger partial charge on any atom is 0.325 e. The summed E-state index contributed by atoms with van der Waals surface area (Å²) in [4.78, 5) is 25.9. The monoisotopic (exact) mass is 355 g/mol. The predicted octanol–water partition coefficient (Wildman–Crippen LogP) is 0.583. The van der Waals surface area contributed by atoms with Gasteiger partial charge in [0.2, 0.25) is 10.0 Å². The Morgan fingerprint density at radius 2 is 2.04 bits per heavy atom. The van der Waals surface area contributed by atoms with Crippen molar-refractivity contribution in [1.82, 2.24) is 14.7 Å². The van der Waals surface area contributed by atoms with Crippen molar-refractivity contribution in [3.63, 3.8) is 0 Å². The highest BCUT2D eigenvalue weighted by Crippen LogP contribution is 2.13. The molecule has 2 aromatic rings. The molecular weight excluding hydrogens is 338 g/mol. The van der Waals surface area contributed by atoms with Gasteiger partial charge in [-0.1, -0.05) is 29.8 Å². The molecule has 0 aliphatic rings. The number of H-pyrrole nitrogens is 2. The van der Waals surface area contributed by atoms with Crippen LogP contribution < -0.4 is 16.0 Å². The van der Waals surface area contributed by atoms with Crippen molar-refractivity contribution in [2.24, 2.45) is 0 Å². The van der Waals surface area contributed by atoms with Crippen molar-refractivity contribution < 1.29 is 8.42 Å². The first-order chi connectivity index (χ1) is 10.9. The molecule has 7 nitrogen and oxygen atoms in total. The Morgan fingerprint density at radius 1 is 1.26 bits per heavy atom. The van der Waals surface area contributed by atoms with Crippen LogP contribution in [0.3, 0.4) is 0 Å². The molecule has 0 amide bonds. The van der Waals surface area contributed by atoms with Gasteiger partial charge in [0, 0.05) is 24.2 Å². The van der Waals surface area contributed by atoms with E-state index in [1.807, 2.05) is 30.1 Å². The first-order valence-corrected chi connectivity index (χ1v) is 9.47. The Hall–Kier alpha value is -1.84. The molecule has 0 saturated heterocycles. The van der Waals surface area contributed by atoms with Gasteiger partial charge in [0.05, 0.1) is 0 Å². The number of hydrogen-bond acceptors (Lipinski definition) is 5. The highest BCUT2D eigenvalue weighted by atomic mass is 32.2. The zero-order valence-electron chi connectivity index (χ0n) is 12.5. The van der Waals surface area contributed by atoms with Gasteiger partial charge in [-0.15, -0.1) is 0 Å². The van der Waals surface area contributed by atoms with Crippen LogP contribution >= 0.6 is 11.8 Å². The van der Waals surface area contributed by atoms with Crippen molar-refractivity contribution in [3.05, 3.63) is 62.4 Å². The Labute approximate surface area is 137 Å². The van der Waals surface area contributed by atoms with Gasteiger partial charge in [0.1, 0.15) is 0 Å². The van der Waals surface area contributed by atoms with Crippen molar-refractivity contribution in [2.75, 3.05) is 12.3 Å². The van der Waals surface area contributed by atoms with Crippen LogP contribution in [0.4, 0.5) is 0 Å². The van der Waals surface area contributed by atoms with E-state index in [1.165, 1.54) is 11.1 Å². The molecule has 0 unspecified atom stereocenters. The van der Waals surface area contributed by atoms with Crippen LogP contribution in [0.2, 0.25) is 0 Å².